The first-order valence-corrected chi connectivity index (χ1v) is 6.68. The van der Waals surface area contributed by atoms with Crippen molar-refractivity contribution in [2.45, 2.75) is 6.92 Å². The van der Waals surface area contributed by atoms with E-state index < -0.39 is 0 Å². The summed E-state index contributed by atoms with van der Waals surface area (Å²) in [6, 6.07) is 28.5. The second-order valence-electron chi connectivity index (χ2n) is 4.65. The largest absolute Gasteiger partial charge is 0.399 e. The Bertz CT molecular complexity index is 630. The molecule has 1 nitrogen and oxygen atoms in total. The second kappa shape index (κ2) is 7.15. The molecule has 0 saturated carbocycles. The highest BCUT2D eigenvalue weighted by Crippen LogP contribution is 2.19. The molecule has 0 spiro atoms. The van der Waals surface area contributed by atoms with Crippen molar-refractivity contribution in [1.29, 1.82) is 0 Å². The quantitative estimate of drug-likeness (QED) is 0.617. The number of hydrogen-bond acceptors (Lipinski definition) is 1. The highest BCUT2D eigenvalue weighted by molar-refractivity contribution is 5.63. The van der Waals surface area contributed by atoms with Crippen LogP contribution in [0.4, 0.5) is 5.69 Å². The summed E-state index contributed by atoms with van der Waals surface area (Å²) in [7, 11) is 0. The third-order valence-electron chi connectivity index (χ3n) is 2.92. The molecular weight excluding hydrogens is 242 g/mol. The van der Waals surface area contributed by atoms with Gasteiger partial charge >= 0.3 is 0 Å². The van der Waals surface area contributed by atoms with Crippen LogP contribution >= 0.6 is 0 Å². The van der Waals surface area contributed by atoms with Crippen LogP contribution in [-0.2, 0) is 0 Å². The van der Waals surface area contributed by atoms with Gasteiger partial charge in [-0.05, 0) is 30.2 Å². The van der Waals surface area contributed by atoms with Crippen LogP contribution in [0.25, 0.3) is 11.1 Å². The Morgan fingerprint density at radius 3 is 1.65 bits per heavy atom. The fraction of sp³-hybridized carbons (Fsp3) is 0.0526. The van der Waals surface area contributed by atoms with E-state index in [0.717, 1.165) is 5.69 Å². The summed E-state index contributed by atoms with van der Waals surface area (Å²) in [6.07, 6.45) is 0. The lowest BCUT2D eigenvalue weighted by Crippen LogP contribution is -1.79. The first kappa shape index (κ1) is 13.9. The lowest BCUT2D eigenvalue weighted by molar-refractivity contribution is 1.47. The number of aryl methyl sites for hydroxylation is 1. The summed E-state index contributed by atoms with van der Waals surface area (Å²) in [6.45, 7) is 2.12. The molecule has 0 fully saturated rings. The van der Waals surface area contributed by atoms with Crippen molar-refractivity contribution in [3.63, 3.8) is 0 Å². The molecule has 0 bridgehead atoms. The predicted molar refractivity (Wildman–Crippen MR) is 87.5 cm³/mol. The summed E-state index contributed by atoms with van der Waals surface area (Å²) in [5.41, 5.74) is 10.1. The van der Waals surface area contributed by atoms with E-state index in [1.54, 1.807) is 0 Å². The Hall–Kier alpha value is -2.54. The fourth-order valence-electron chi connectivity index (χ4n) is 1.91. The third-order valence-corrected chi connectivity index (χ3v) is 2.92. The summed E-state index contributed by atoms with van der Waals surface area (Å²) in [5, 5.41) is 0. The zero-order chi connectivity index (χ0) is 14.2. The van der Waals surface area contributed by atoms with Crippen molar-refractivity contribution in [2.75, 3.05) is 5.73 Å². The molecule has 0 saturated heterocycles. The molecule has 0 heterocycles. The summed E-state index contributed by atoms with van der Waals surface area (Å²) in [5.74, 6) is 0. The second-order valence-corrected chi connectivity index (χ2v) is 4.65. The summed E-state index contributed by atoms with van der Waals surface area (Å²) >= 11 is 0. The topological polar surface area (TPSA) is 26.0 Å². The molecule has 3 rings (SSSR count). The van der Waals surface area contributed by atoms with Crippen LogP contribution in [0.1, 0.15) is 5.56 Å². The number of benzene rings is 3. The molecule has 0 atom stereocenters. The minimum Gasteiger partial charge on any atom is -0.399 e. The van der Waals surface area contributed by atoms with Gasteiger partial charge in [-0.2, -0.15) is 0 Å². The lowest BCUT2D eigenvalue weighted by atomic mass is 10.0. The highest BCUT2D eigenvalue weighted by Gasteiger charge is 1.94. The SMILES string of the molecule is Cc1cccc(-c2ccccc2)c1.Nc1ccccc1. The van der Waals surface area contributed by atoms with Crippen LogP contribution in [0.5, 0.6) is 0 Å². The minimum absolute atomic E-state index is 0.822. The molecule has 2 N–H and O–H groups in total. The third kappa shape index (κ3) is 4.29. The monoisotopic (exact) mass is 261 g/mol. The van der Waals surface area contributed by atoms with Crippen LogP contribution in [-0.4, -0.2) is 0 Å². The van der Waals surface area contributed by atoms with E-state index in [1.165, 1.54) is 16.7 Å². The first-order chi connectivity index (χ1) is 9.75. The Morgan fingerprint density at radius 2 is 1.15 bits per heavy atom. The molecule has 20 heavy (non-hydrogen) atoms. The Balaban J connectivity index is 0.000000178. The van der Waals surface area contributed by atoms with Crippen LogP contribution in [0.3, 0.4) is 0 Å². The zero-order valence-corrected chi connectivity index (χ0v) is 11.7. The van der Waals surface area contributed by atoms with Gasteiger partial charge in [0.15, 0.2) is 0 Å². The van der Waals surface area contributed by atoms with Gasteiger partial charge in [-0.15, -0.1) is 0 Å². The van der Waals surface area contributed by atoms with Gasteiger partial charge in [0, 0.05) is 5.69 Å². The predicted octanol–water partition coefficient (Wildman–Crippen LogP) is 4.93. The van der Waals surface area contributed by atoms with Crippen molar-refractivity contribution >= 4 is 5.69 Å². The molecule has 0 aliphatic heterocycles. The molecule has 0 radical (unpaired) electrons. The van der Waals surface area contributed by atoms with Gasteiger partial charge in [0.25, 0.3) is 0 Å². The smallest absolute Gasteiger partial charge is 0.0313 e. The number of para-hydroxylation sites is 1. The van der Waals surface area contributed by atoms with E-state index in [9.17, 15) is 0 Å². The van der Waals surface area contributed by atoms with Gasteiger partial charge in [-0.1, -0.05) is 78.4 Å². The van der Waals surface area contributed by atoms with E-state index in [2.05, 4.69) is 55.5 Å². The number of hydrogen-bond donors (Lipinski definition) is 1. The molecule has 3 aromatic rings. The number of rotatable bonds is 1. The Morgan fingerprint density at radius 1 is 0.600 bits per heavy atom. The maximum absolute atomic E-state index is 5.36. The van der Waals surface area contributed by atoms with Gasteiger partial charge in [0.05, 0.1) is 0 Å². The van der Waals surface area contributed by atoms with E-state index >= 15 is 0 Å². The van der Waals surface area contributed by atoms with Gasteiger partial charge in [-0.25, -0.2) is 0 Å². The van der Waals surface area contributed by atoms with Crippen molar-refractivity contribution in [3.8, 4) is 11.1 Å². The lowest BCUT2D eigenvalue weighted by Gasteiger charge is -2.01. The van der Waals surface area contributed by atoms with E-state index in [1.807, 2.05) is 36.4 Å². The highest BCUT2D eigenvalue weighted by atomic mass is 14.5. The Labute approximate surface area is 120 Å². The molecule has 0 amide bonds. The van der Waals surface area contributed by atoms with E-state index in [0.29, 0.717) is 0 Å². The summed E-state index contributed by atoms with van der Waals surface area (Å²) < 4.78 is 0. The van der Waals surface area contributed by atoms with Gasteiger partial charge in [0.1, 0.15) is 0 Å². The molecule has 0 aromatic heterocycles. The van der Waals surface area contributed by atoms with Crippen LogP contribution in [0.15, 0.2) is 84.9 Å². The van der Waals surface area contributed by atoms with Crippen LogP contribution in [0, 0.1) is 6.92 Å². The standard InChI is InChI=1S/C13H12.C6H7N/c1-11-6-5-9-13(10-11)12-7-3-2-4-8-12;7-6-4-2-1-3-5-6/h2-10H,1H3;1-5H,7H2. The first-order valence-electron chi connectivity index (χ1n) is 6.68. The van der Waals surface area contributed by atoms with Crippen molar-refractivity contribution in [1.82, 2.24) is 0 Å². The molecule has 3 aromatic carbocycles. The Kier molecular flexibility index (Phi) is 4.96. The van der Waals surface area contributed by atoms with Crippen LogP contribution < -0.4 is 5.73 Å². The van der Waals surface area contributed by atoms with Crippen molar-refractivity contribution in [3.05, 3.63) is 90.5 Å². The molecule has 100 valence electrons. The molecule has 1 heteroatoms. The van der Waals surface area contributed by atoms with Gasteiger partial charge in [-0.3, -0.25) is 0 Å². The number of nitrogen functional groups attached to an aromatic ring is 1. The maximum Gasteiger partial charge on any atom is 0.0313 e. The van der Waals surface area contributed by atoms with Gasteiger partial charge < -0.3 is 5.73 Å². The van der Waals surface area contributed by atoms with Gasteiger partial charge in [0.2, 0.25) is 0 Å². The van der Waals surface area contributed by atoms with Crippen molar-refractivity contribution < 1.29 is 0 Å². The average molecular weight is 261 g/mol. The number of nitrogens with two attached hydrogens (primary N) is 1. The normalized spacial score (nSPS) is 9.45. The van der Waals surface area contributed by atoms with E-state index in [4.69, 9.17) is 5.73 Å². The van der Waals surface area contributed by atoms with E-state index in [-0.39, 0.29) is 0 Å². The average Bonchev–Trinajstić information content (AvgIpc) is 2.50. The van der Waals surface area contributed by atoms with Crippen LogP contribution in [0.2, 0.25) is 0 Å². The number of anilines is 1. The minimum atomic E-state index is 0.822. The molecule has 0 unspecified atom stereocenters. The maximum atomic E-state index is 5.36. The molecule has 0 aliphatic carbocycles. The fourth-order valence-corrected chi connectivity index (χ4v) is 1.91. The molecular formula is C19H19N. The van der Waals surface area contributed by atoms with Crippen molar-refractivity contribution in [2.24, 2.45) is 0 Å². The molecule has 0 aliphatic rings. The summed E-state index contributed by atoms with van der Waals surface area (Å²) in [4.78, 5) is 0. The zero-order valence-electron chi connectivity index (χ0n) is 11.7.